The van der Waals surface area contributed by atoms with Crippen molar-refractivity contribution in [2.75, 3.05) is 5.75 Å². The van der Waals surface area contributed by atoms with Crippen LogP contribution in [0.2, 0.25) is 0 Å². The van der Waals surface area contributed by atoms with E-state index in [2.05, 4.69) is 18.8 Å². The third-order valence-electron chi connectivity index (χ3n) is 2.19. The number of hydrogen-bond acceptors (Lipinski definition) is 3. The molecule has 0 amide bonds. The molecule has 1 aromatic rings. The summed E-state index contributed by atoms with van der Waals surface area (Å²) in [4.78, 5) is 4.30. The molecule has 1 unspecified atom stereocenters. The number of aliphatic hydroxyl groups excluding tert-OH is 1. The minimum atomic E-state index is -0.424. The molecular formula is C12H19NOS. The molecule has 15 heavy (non-hydrogen) atoms. The molecule has 0 saturated heterocycles. The maximum Gasteiger partial charge on any atom is 0.0960 e. The van der Waals surface area contributed by atoms with Gasteiger partial charge in [-0.3, -0.25) is 0 Å². The van der Waals surface area contributed by atoms with Gasteiger partial charge in [-0.05, 0) is 36.6 Å². The third-order valence-corrected chi connectivity index (χ3v) is 3.16. The van der Waals surface area contributed by atoms with Crippen LogP contribution in [0, 0.1) is 5.92 Å². The molecular weight excluding hydrogens is 206 g/mol. The molecule has 2 nitrogen and oxygen atoms in total. The van der Waals surface area contributed by atoms with Gasteiger partial charge in [0.05, 0.1) is 11.1 Å². The molecule has 0 saturated carbocycles. The van der Waals surface area contributed by atoms with E-state index in [4.69, 9.17) is 0 Å². The van der Waals surface area contributed by atoms with Crippen LogP contribution in [0.3, 0.4) is 0 Å². The van der Waals surface area contributed by atoms with Gasteiger partial charge in [0.15, 0.2) is 0 Å². The van der Waals surface area contributed by atoms with Crippen LogP contribution in [0.4, 0.5) is 0 Å². The summed E-state index contributed by atoms with van der Waals surface area (Å²) in [5, 5.41) is 10.4. The zero-order chi connectivity index (χ0) is 11.3. The van der Waals surface area contributed by atoms with Gasteiger partial charge in [-0.2, -0.15) is 0 Å². The normalized spacial score (nSPS) is 13.1. The molecule has 0 spiro atoms. The van der Waals surface area contributed by atoms with Crippen LogP contribution < -0.4 is 0 Å². The second-order valence-corrected chi connectivity index (χ2v) is 5.25. The lowest BCUT2D eigenvalue weighted by atomic mass is 10.2. The van der Waals surface area contributed by atoms with Crippen molar-refractivity contribution in [2.45, 2.75) is 38.3 Å². The first kappa shape index (κ1) is 12.5. The first-order valence-corrected chi connectivity index (χ1v) is 6.35. The fourth-order valence-electron chi connectivity index (χ4n) is 1.12. The molecule has 1 aromatic heterocycles. The fraction of sp³-hybridized carbons (Fsp3) is 0.583. The Kier molecular flexibility index (Phi) is 5.12. The van der Waals surface area contributed by atoms with Crippen LogP contribution in [-0.2, 0) is 0 Å². The summed E-state index contributed by atoms with van der Waals surface area (Å²) in [7, 11) is 0. The minimum Gasteiger partial charge on any atom is -0.389 e. The Hall–Kier alpha value is -0.540. The van der Waals surface area contributed by atoms with E-state index < -0.39 is 6.10 Å². The summed E-state index contributed by atoms with van der Waals surface area (Å²) in [6.45, 7) is 6.21. The van der Waals surface area contributed by atoms with Crippen LogP contribution in [-0.4, -0.2) is 15.8 Å². The summed E-state index contributed by atoms with van der Waals surface area (Å²) < 4.78 is 0. The smallest absolute Gasteiger partial charge is 0.0960 e. The van der Waals surface area contributed by atoms with E-state index in [0.29, 0.717) is 0 Å². The number of aliphatic hydroxyl groups is 1. The molecule has 0 aliphatic carbocycles. The van der Waals surface area contributed by atoms with Crippen LogP contribution in [0.25, 0.3) is 0 Å². The lowest BCUT2D eigenvalue weighted by Gasteiger charge is -2.06. The largest absolute Gasteiger partial charge is 0.389 e. The minimum absolute atomic E-state index is 0.424. The molecule has 0 aromatic carbocycles. The van der Waals surface area contributed by atoms with Gasteiger partial charge in [-0.1, -0.05) is 19.9 Å². The van der Waals surface area contributed by atoms with Gasteiger partial charge in [-0.15, -0.1) is 11.8 Å². The van der Waals surface area contributed by atoms with Crippen molar-refractivity contribution in [3.63, 3.8) is 0 Å². The second kappa shape index (κ2) is 6.13. The SMILES string of the molecule is CC(C)CCSc1ccc(C(C)O)cn1. The number of hydrogen-bond donors (Lipinski definition) is 1. The van der Waals surface area contributed by atoms with Gasteiger partial charge < -0.3 is 5.11 Å². The molecule has 1 N–H and O–H groups in total. The molecule has 84 valence electrons. The van der Waals surface area contributed by atoms with Gasteiger partial charge >= 0.3 is 0 Å². The van der Waals surface area contributed by atoms with Gasteiger partial charge in [0.25, 0.3) is 0 Å². The Morgan fingerprint density at radius 3 is 2.53 bits per heavy atom. The maximum absolute atomic E-state index is 9.32. The predicted octanol–water partition coefficient (Wildman–Crippen LogP) is 3.27. The monoisotopic (exact) mass is 225 g/mol. The predicted molar refractivity (Wildman–Crippen MR) is 65.0 cm³/mol. The lowest BCUT2D eigenvalue weighted by molar-refractivity contribution is 0.198. The lowest BCUT2D eigenvalue weighted by Crippen LogP contribution is -1.93. The van der Waals surface area contributed by atoms with Crippen LogP contribution in [0.1, 0.15) is 38.9 Å². The van der Waals surface area contributed by atoms with Crippen molar-refractivity contribution in [2.24, 2.45) is 5.92 Å². The van der Waals surface area contributed by atoms with Crippen LogP contribution >= 0.6 is 11.8 Å². The Labute approximate surface area is 96.1 Å². The van der Waals surface area contributed by atoms with Gasteiger partial charge in [0.1, 0.15) is 0 Å². The topological polar surface area (TPSA) is 33.1 Å². The summed E-state index contributed by atoms with van der Waals surface area (Å²) in [6, 6.07) is 3.92. The van der Waals surface area contributed by atoms with Gasteiger partial charge in [0.2, 0.25) is 0 Å². The molecule has 0 aliphatic heterocycles. The van der Waals surface area contributed by atoms with E-state index in [1.165, 1.54) is 6.42 Å². The van der Waals surface area contributed by atoms with E-state index in [1.54, 1.807) is 24.9 Å². The molecule has 0 fully saturated rings. The molecule has 3 heteroatoms. The number of aromatic nitrogens is 1. The van der Waals surface area contributed by atoms with Gasteiger partial charge in [-0.25, -0.2) is 4.98 Å². The maximum atomic E-state index is 9.32. The summed E-state index contributed by atoms with van der Waals surface area (Å²) in [6.07, 6.45) is 2.54. The summed E-state index contributed by atoms with van der Waals surface area (Å²) in [5.41, 5.74) is 0.878. The number of pyridine rings is 1. The molecule has 1 heterocycles. The van der Waals surface area contributed by atoms with Crippen molar-refractivity contribution in [1.82, 2.24) is 4.98 Å². The van der Waals surface area contributed by atoms with Crippen molar-refractivity contribution in [3.05, 3.63) is 23.9 Å². The van der Waals surface area contributed by atoms with Crippen molar-refractivity contribution in [3.8, 4) is 0 Å². The van der Waals surface area contributed by atoms with Crippen LogP contribution in [0.15, 0.2) is 23.4 Å². The number of nitrogens with zero attached hydrogens (tertiary/aromatic N) is 1. The van der Waals surface area contributed by atoms with Crippen molar-refractivity contribution in [1.29, 1.82) is 0 Å². The zero-order valence-electron chi connectivity index (χ0n) is 9.60. The average Bonchev–Trinajstić information content (AvgIpc) is 2.18. The average molecular weight is 225 g/mol. The van der Waals surface area contributed by atoms with Gasteiger partial charge in [0, 0.05) is 6.20 Å². The summed E-state index contributed by atoms with van der Waals surface area (Å²) in [5.74, 6) is 1.85. The number of thioether (sulfide) groups is 1. The highest BCUT2D eigenvalue weighted by molar-refractivity contribution is 7.99. The van der Waals surface area contributed by atoms with Crippen LogP contribution in [0.5, 0.6) is 0 Å². The highest BCUT2D eigenvalue weighted by Crippen LogP contribution is 2.20. The van der Waals surface area contributed by atoms with E-state index in [-0.39, 0.29) is 0 Å². The molecule has 0 radical (unpaired) electrons. The fourth-order valence-corrected chi connectivity index (χ4v) is 2.21. The Bertz CT molecular complexity index is 282. The van der Waals surface area contributed by atoms with Crippen molar-refractivity contribution >= 4 is 11.8 Å². The molecule has 1 rings (SSSR count). The van der Waals surface area contributed by atoms with E-state index >= 15 is 0 Å². The molecule has 1 atom stereocenters. The van der Waals surface area contributed by atoms with Crippen molar-refractivity contribution < 1.29 is 5.11 Å². The molecule has 0 bridgehead atoms. The first-order chi connectivity index (χ1) is 7.09. The Morgan fingerprint density at radius 2 is 2.07 bits per heavy atom. The highest BCUT2D eigenvalue weighted by Gasteiger charge is 2.02. The number of rotatable bonds is 5. The van der Waals surface area contributed by atoms with E-state index in [9.17, 15) is 5.11 Å². The third kappa shape index (κ3) is 4.67. The van der Waals surface area contributed by atoms with E-state index in [0.717, 1.165) is 22.3 Å². The summed E-state index contributed by atoms with van der Waals surface area (Å²) >= 11 is 1.78. The van der Waals surface area contributed by atoms with E-state index in [1.807, 2.05) is 12.1 Å². The Morgan fingerprint density at radius 1 is 1.33 bits per heavy atom. The quantitative estimate of drug-likeness (QED) is 0.781. The molecule has 0 aliphatic rings. The standard InChI is InChI=1S/C12H19NOS/c1-9(2)6-7-15-12-5-4-11(8-13-12)10(3)14/h4-5,8-10,14H,6-7H2,1-3H3. The second-order valence-electron chi connectivity index (χ2n) is 4.14. The first-order valence-electron chi connectivity index (χ1n) is 5.36. The zero-order valence-corrected chi connectivity index (χ0v) is 10.4. The Balaban J connectivity index is 2.43. The highest BCUT2D eigenvalue weighted by atomic mass is 32.2.